The number of nitrogens with zero attached hydrogens (tertiary/aromatic N) is 5. The van der Waals surface area contributed by atoms with E-state index < -0.39 is 0 Å². The Bertz CT molecular complexity index is 448. The molecule has 0 atom stereocenters. The van der Waals surface area contributed by atoms with Crippen LogP contribution in [0.25, 0.3) is 0 Å². The van der Waals surface area contributed by atoms with Crippen LogP contribution in [-0.2, 0) is 7.05 Å². The molecule has 0 bridgehead atoms. The lowest BCUT2D eigenvalue weighted by molar-refractivity contribution is 0.655. The number of hydrogen-bond donors (Lipinski definition) is 0. The quantitative estimate of drug-likeness (QED) is 0.835. The molecular formula is C14H25N5. The summed E-state index contributed by atoms with van der Waals surface area (Å²) < 4.78 is 1.80. The molecule has 5 heteroatoms. The van der Waals surface area contributed by atoms with Gasteiger partial charge in [0.1, 0.15) is 12.2 Å². The fraction of sp³-hybridized carbons (Fsp3) is 0.571. The second kappa shape index (κ2) is 8.34. The van der Waals surface area contributed by atoms with Gasteiger partial charge in [0.05, 0.1) is 5.69 Å². The van der Waals surface area contributed by atoms with Crippen LogP contribution in [0, 0.1) is 0 Å². The molecule has 106 valence electrons. The van der Waals surface area contributed by atoms with Crippen molar-refractivity contribution < 1.29 is 0 Å². The molecule has 0 saturated carbocycles. The van der Waals surface area contributed by atoms with E-state index in [1.807, 2.05) is 19.2 Å². The fourth-order valence-corrected chi connectivity index (χ4v) is 1.45. The van der Waals surface area contributed by atoms with E-state index in [2.05, 4.69) is 48.0 Å². The maximum atomic E-state index is 4.07. The molecule has 0 unspecified atom stereocenters. The minimum Gasteiger partial charge on any atom is -0.253 e. The van der Waals surface area contributed by atoms with Crippen molar-refractivity contribution in [3.63, 3.8) is 0 Å². The van der Waals surface area contributed by atoms with E-state index >= 15 is 0 Å². The van der Waals surface area contributed by atoms with Crippen molar-refractivity contribution in [2.45, 2.75) is 47.0 Å². The third kappa shape index (κ3) is 5.59. The molecule has 0 aliphatic rings. The van der Waals surface area contributed by atoms with Crippen LogP contribution in [0.4, 0.5) is 0 Å². The van der Waals surface area contributed by atoms with Gasteiger partial charge in [-0.1, -0.05) is 35.1 Å². The van der Waals surface area contributed by atoms with Gasteiger partial charge in [-0.25, -0.2) is 4.98 Å². The normalized spacial score (nSPS) is 9.84. The molecule has 0 radical (unpaired) electrons. The summed E-state index contributed by atoms with van der Waals surface area (Å²) in [5.41, 5.74) is 1.05. The van der Waals surface area contributed by atoms with Crippen molar-refractivity contribution in [3.8, 4) is 0 Å². The lowest BCUT2D eigenvalue weighted by Crippen LogP contribution is -2.00. The van der Waals surface area contributed by atoms with E-state index in [0.29, 0.717) is 11.8 Å². The Morgan fingerprint density at radius 3 is 2.05 bits per heavy atom. The van der Waals surface area contributed by atoms with Crippen LogP contribution in [0.15, 0.2) is 24.7 Å². The van der Waals surface area contributed by atoms with Gasteiger partial charge in [-0.2, -0.15) is 15.3 Å². The molecular weight excluding hydrogens is 238 g/mol. The monoisotopic (exact) mass is 263 g/mol. The Kier molecular flexibility index (Phi) is 7.56. The van der Waals surface area contributed by atoms with Gasteiger partial charge >= 0.3 is 0 Å². The van der Waals surface area contributed by atoms with Crippen molar-refractivity contribution >= 4 is 0 Å². The molecule has 0 spiro atoms. The standard InChI is InChI=1S/C7H10N2.C6H11N3.CH4/c1-6(2)7-4-3-5-8-9-7;1-5(2)6-7-4-8-9(6)3;/h3-6H,1-2H3;4-5H,1-3H3;1H4. The van der Waals surface area contributed by atoms with E-state index in [4.69, 9.17) is 0 Å². The minimum atomic E-state index is 0. The van der Waals surface area contributed by atoms with Crippen LogP contribution in [0.5, 0.6) is 0 Å². The second-order valence-corrected chi connectivity index (χ2v) is 4.70. The molecule has 0 N–H and O–H groups in total. The van der Waals surface area contributed by atoms with Crippen molar-refractivity contribution in [1.82, 2.24) is 25.0 Å². The number of rotatable bonds is 2. The summed E-state index contributed by atoms with van der Waals surface area (Å²) in [6, 6.07) is 3.89. The van der Waals surface area contributed by atoms with Crippen LogP contribution in [0.1, 0.15) is 58.5 Å². The summed E-state index contributed by atoms with van der Waals surface area (Å²) in [6.07, 6.45) is 3.27. The Morgan fingerprint density at radius 2 is 1.79 bits per heavy atom. The first-order valence-corrected chi connectivity index (χ1v) is 6.13. The highest BCUT2D eigenvalue weighted by Crippen LogP contribution is 2.07. The zero-order valence-corrected chi connectivity index (χ0v) is 11.7. The van der Waals surface area contributed by atoms with Gasteiger partial charge in [0.2, 0.25) is 0 Å². The summed E-state index contributed by atoms with van der Waals surface area (Å²) >= 11 is 0. The van der Waals surface area contributed by atoms with Gasteiger partial charge in [0.25, 0.3) is 0 Å². The summed E-state index contributed by atoms with van der Waals surface area (Å²) in [7, 11) is 1.91. The zero-order valence-electron chi connectivity index (χ0n) is 11.7. The smallest absolute Gasteiger partial charge is 0.138 e. The average molecular weight is 263 g/mol. The predicted octanol–water partition coefficient (Wildman–Crippen LogP) is 3.17. The highest BCUT2D eigenvalue weighted by atomic mass is 15.3. The van der Waals surface area contributed by atoms with Gasteiger partial charge in [-0.15, -0.1) is 0 Å². The molecule has 5 nitrogen and oxygen atoms in total. The molecule has 0 aliphatic heterocycles. The van der Waals surface area contributed by atoms with Gasteiger partial charge < -0.3 is 0 Å². The van der Waals surface area contributed by atoms with Gasteiger partial charge in [-0.05, 0) is 18.1 Å². The Morgan fingerprint density at radius 1 is 1.11 bits per heavy atom. The third-order valence-electron chi connectivity index (χ3n) is 2.45. The maximum Gasteiger partial charge on any atom is 0.138 e. The SMILES string of the molecule is C.CC(C)c1cccnn1.CC(C)c1ncnn1C. The molecule has 0 fully saturated rings. The largest absolute Gasteiger partial charge is 0.253 e. The highest BCUT2D eigenvalue weighted by Gasteiger charge is 2.03. The first-order valence-electron chi connectivity index (χ1n) is 6.13. The van der Waals surface area contributed by atoms with E-state index in [-0.39, 0.29) is 7.43 Å². The maximum absolute atomic E-state index is 4.07. The van der Waals surface area contributed by atoms with Crippen molar-refractivity contribution in [2.24, 2.45) is 7.05 Å². The topological polar surface area (TPSA) is 56.5 Å². The van der Waals surface area contributed by atoms with E-state index in [0.717, 1.165) is 11.5 Å². The summed E-state index contributed by atoms with van der Waals surface area (Å²) in [4.78, 5) is 4.07. The Balaban J connectivity index is 0.000000324. The molecule has 2 aromatic rings. The molecule has 0 saturated heterocycles. The number of aromatic nitrogens is 5. The highest BCUT2D eigenvalue weighted by molar-refractivity contribution is 5.03. The first kappa shape index (κ1) is 17.2. The Labute approximate surface area is 116 Å². The lowest BCUT2D eigenvalue weighted by Gasteiger charge is -2.00. The van der Waals surface area contributed by atoms with Gasteiger partial charge in [0.15, 0.2) is 0 Å². The summed E-state index contributed by atoms with van der Waals surface area (Å²) in [6.45, 7) is 8.40. The van der Waals surface area contributed by atoms with Crippen molar-refractivity contribution in [1.29, 1.82) is 0 Å². The summed E-state index contributed by atoms with van der Waals surface area (Å²) in [5, 5.41) is 11.6. The first-order chi connectivity index (χ1) is 8.52. The molecule has 2 aromatic heterocycles. The van der Waals surface area contributed by atoms with Crippen LogP contribution in [0.3, 0.4) is 0 Å². The van der Waals surface area contributed by atoms with E-state index in [1.165, 1.54) is 0 Å². The van der Waals surface area contributed by atoms with Crippen LogP contribution in [-0.4, -0.2) is 25.0 Å². The third-order valence-corrected chi connectivity index (χ3v) is 2.45. The molecule has 0 amide bonds. The van der Waals surface area contributed by atoms with Crippen molar-refractivity contribution in [2.75, 3.05) is 0 Å². The Hall–Kier alpha value is -1.78. The van der Waals surface area contributed by atoms with E-state index in [1.54, 1.807) is 17.2 Å². The molecule has 2 heterocycles. The molecule has 19 heavy (non-hydrogen) atoms. The van der Waals surface area contributed by atoms with Gasteiger partial charge in [-0.3, -0.25) is 4.68 Å². The predicted molar refractivity (Wildman–Crippen MR) is 77.9 cm³/mol. The van der Waals surface area contributed by atoms with Crippen molar-refractivity contribution in [3.05, 3.63) is 36.2 Å². The molecule has 0 aliphatic carbocycles. The van der Waals surface area contributed by atoms with Crippen LogP contribution >= 0.6 is 0 Å². The van der Waals surface area contributed by atoms with Crippen LogP contribution < -0.4 is 0 Å². The number of hydrogen-bond acceptors (Lipinski definition) is 4. The average Bonchev–Trinajstić information content (AvgIpc) is 2.77. The lowest BCUT2D eigenvalue weighted by atomic mass is 10.1. The van der Waals surface area contributed by atoms with E-state index in [9.17, 15) is 0 Å². The minimum absolute atomic E-state index is 0. The van der Waals surface area contributed by atoms with Gasteiger partial charge in [0, 0.05) is 19.2 Å². The zero-order chi connectivity index (χ0) is 13.5. The molecule has 0 aromatic carbocycles. The van der Waals surface area contributed by atoms with Crippen LogP contribution in [0.2, 0.25) is 0 Å². The number of aryl methyl sites for hydroxylation is 1. The molecule has 2 rings (SSSR count). The second-order valence-electron chi connectivity index (χ2n) is 4.70. The fourth-order valence-electron chi connectivity index (χ4n) is 1.45. The summed E-state index contributed by atoms with van der Waals surface area (Å²) in [5.74, 6) is 1.99.